The molecule has 9 heteroatoms. The van der Waals surface area contributed by atoms with Crippen molar-refractivity contribution in [1.82, 2.24) is 4.90 Å². The minimum atomic E-state index is -0.601. The largest absolute Gasteiger partial charge is 0.458 e. The zero-order chi connectivity index (χ0) is 25.0. The molecule has 0 aromatic heterocycles. The molecule has 10 unspecified atom stereocenters. The maximum Gasteiger partial charge on any atom is 0.458 e. The summed E-state index contributed by atoms with van der Waals surface area (Å²) in [7, 11) is -0.601. The van der Waals surface area contributed by atoms with Crippen LogP contribution in [0.1, 0.15) is 64.7 Å². The Morgan fingerprint density at radius 2 is 2.00 bits per heavy atom. The number of amides is 1. The van der Waals surface area contributed by atoms with E-state index in [4.69, 9.17) is 15.1 Å². The van der Waals surface area contributed by atoms with Gasteiger partial charge in [0.15, 0.2) is 0 Å². The Morgan fingerprint density at radius 1 is 1.19 bits per heavy atom. The first kappa shape index (κ1) is 26.3. The van der Waals surface area contributed by atoms with E-state index in [-0.39, 0.29) is 22.6 Å². The zero-order valence-corrected chi connectivity index (χ0v) is 23.7. The molecule has 0 aromatic rings. The normalized spacial score (nSPS) is 46.2. The van der Waals surface area contributed by atoms with Crippen molar-refractivity contribution in [3.63, 3.8) is 0 Å². The molecule has 6 nitrogen and oxygen atoms in total. The second kappa shape index (κ2) is 10.6. The van der Waals surface area contributed by atoms with Crippen LogP contribution in [-0.4, -0.2) is 77.5 Å². The molecule has 4 saturated heterocycles. The topological polar surface area (TPSA) is 85.0 Å². The van der Waals surface area contributed by atoms with E-state index in [0.717, 1.165) is 58.3 Å². The lowest BCUT2D eigenvalue weighted by atomic mass is 9.56. The smallest absolute Gasteiger partial charge is 0.427 e. The SMILES string of the molecule is CSC1SC(C(=O)N2CCC3(CC2)COC2CCC(CN)CC23)CC1C1CCCC2B(O)OC(C)C21. The Bertz CT molecular complexity index is 815. The third-order valence-electron chi connectivity index (χ3n) is 11.2. The molecule has 2 aliphatic carbocycles. The van der Waals surface area contributed by atoms with Gasteiger partial charge in [-0.3, -0.25) is 4.79 Å². The first-order chi connectivity index (χ1) is 17.4. The molecular formula is C27H45BN2O4S2. The lowest BCUT2D eigenvalue weighted by Gasteiger charge is -2.45. The van der Waals surface area contributed by atoms with Crippen LogP contribution in [0.4, 0.5) is 0 Å². The maximum absolute atomic E-state index is 13.8. The highest BCUT2D eigenvalue weighted by Gasteiger charge is 2.56. The summed E-state index contributed by atoms with van der Waals surface area (Å²) in [4.78, 5) is 16.0. The number of hydrogen-bond donors (Lipinski definition) is 2. The third-order valence-corrected chi connectivity index (χ3v) is 14.3. The van der Waals surface area contributed by atoms with Crippen molar-refractivity contribution in [2.24, 2.45) is 40.7 Å². The molecule has 4 heterocycles. The molecule has 0 radical (unpaired) electrons. The second-order valence-electron chi connectivity index (χ2n) is 12.8. The first-order valence-corrected chi connectivity index (χ1v) is 16.8. The van der Waals surface area contributed by atoms with Gasteiger partial charge in [-0.2, -0.15) is 11.8 Å². The standard InChI is InChI=1S/C27H45BN2O4S2/c1-16-24-18(4-3-5-21(24)28(32)34-16)19-13-23(36-26(19)35-2)25(31)30-10-8-27(9-11-30)15-33-22-7-6-17(14-29)12-20(22)27/h16-24,26,32H,3-15,29H2,1-2H3. The second-order valence-corrected chi connectivity index (χ2v) is 15.4. The Hall–Kier alpha value is 0.0749. The van der Waals surface area contributed by atoms with E-state index < -0.39 is 7.12 Å². The molecule has 6 rings (SSSR count). The molecule has 202 valence electrons. The zero-order valence-electron chi connectivity index (χ0n) is 22.1. The van der Waals surface area contributed by atoms with Crippen molar-refractivity contribution in [2.45, 2.75) is 92.6 Å². The fourth-order valence-corrected chi connectivity index (χ4v) is 12.2. The van der Waals surface area contributed by atoms with Gasteiger partial charge >= 0.3 is 7.12 Å². The number of likely N-dealkylation sites (tertiary alicyclic amines) is 1. The maximum atomic E-state index is 13.8. The van der Waals surface area contributed by atoms with Crippen molar-refractivity contribution >= 4 is 36.5 Å². The molecule has 36 heavy (non-hydrogen) atoms. The van der Waals surface area contributed by atoms with Gasteiger partial charge in [0.1, 0.15) is 0 Å². The van der Waals surface area contributed by atoms with E-state index in [1.807, 2.05) is 23.5 Å². The van der Waals surface area contributed by atoms with Gasteiger partial charge in [-0.05, 0) is 100 Å². The van der Waals surface area contributed by atoms with E-state index in [0.29, 0.717) is 46.2 Å². The number of piperidine rings is 1. The first-order valence-electron chi connectivity index (χ1n) is 14.6. The predicted octanol–water partition coefficient (Wildman–Crippen LogP) is 3.87. The molecule has 10 atom stereocenters. The number of rotatable bonds is 4. The van der Waals surface area contributed by atoms with Crippen LogP contribution < -0.4 is 5.73 Å². The molecule has 1 spiro atoms. The summed E-state index contributed by atoms with van der Waals surface area (Å²) in [5.41, 5.74) is 6.31. The minimum Gasteiger partial charge on any atom is -0.427 e. The summed E-state index contributed by atoms with van der Waals surface area (Å²) in [6, 6.07) is 0. The molecule has 3 N–H and O–H groups in total. The number of ether oxygens (including phenoxy) is 1. The van der Waals surface area contributed by atoms with E-state index in [1.165, 1.54) is 25.7 Å². The summed E-state index contributed by atoms with van der Waals surface area (Å²) in [5, 5.41) is 10.5. The number of nitrogens with zero attached hydrogens (tertiary/aromatic N) is 1. The number of carbonyl (C=O) groups is 1. The van der Waals surface area contributed by atoms with Gasteiger partial charge in [0.2, 0.25) is 5.91 Å². The van der Waals surface area contributed by atoms with Crippen molar-refractivity contribution in [1.29, 1.82) is 0 Å². The molecule has 2 saturated carbocycles. The van der Waals surface area contributed by atoms with Gasteiger partial charge in [0.25, 0.3) is 0 Å². The van der Waals surface area contributed by atoms with Crippen LogP contribution in [0.25, 0.3) is 0 Å². The van der Waals surface area contributed by atoms with Gasteiger partial charge in [-0.25, -0.2) is 0 Å². The summed E-state index contributed by atoms with van der Waals surface area (Å²) in [6.07, 6.45) is 12.9. The van der Waals surface area contributed by atoms with Crippen molar-refractivity contribution in [3.8, 4) is 0 Å². The van der Waals surface area contributed by atoms with Gasteiger partial charge in [-0.15, -0.1) is 11.8 Å². The molecule has 0 aromatic carbocycles. The van der Waals surface area contributed by atoms with Crippen LogP contribution in [0.5, 0.6) is 0 Å². The lowest BCUT2D eigenvalue weighted by molar-refractivity contribution is -0.133. The van der Waals surface area contributed by atoms with E-state index >= 15 is 0 Å². The van der Waals surface area contributed by atoms with Gasteiger partial charge in [-0.1, -0.05) is 12.8 Å². The number of nitrogens with two attached hydrogens (primary N) is 1. The highest BCUT2D eigenvalue weighted by molar-refractivity contribution is 8.17. The van der Waals surface area contributed by atoms with Gasteiger partial charge in [0, 0.05) is 24.6 Å². The molecule has 6 aliphatic rings. The number of thioether (sulfide) groups is 2. The Kier molecular flexibility index (Phi) is 7.72. The Labute approximate surface area is 226 Å². The molecular weight excluding hydrogens is 491 g/mol. The van der Waals surface area contributed by atoms with E-state index in [9.17, 15) is 9.82 Å². The minimum absolute atomic E-state index is 0.0771. The molecule has 6 fully saturated rings. The van der Waals surface area contributed by atoms with Crippen LogP contribution >= 0.6 is 23.5 Å². The Balaban J connectivity index is 1.09. The van der Waals surface area contributed by atoms with Crippen LogP contribution in [0.15, 0.2) is 0 Å². The molecule has 1 amide bonds. The third kappa shape index (κ3) is 4.49. The number of hydrogen-bond acceptors (Lipinski definition) is 7. The fraction of sp³-hybridized carbons (Fsp3) is 0.963. The van der Waals surface area contributed by atoms with Crippen LogP contribution in [0, 0.1) is 35.0 Å². The van der Waals surface area contributed by atoms with Gasteiger partial charge < -0.3 is 25.0 Å². The summed E-state index contributed by atoms with van der Waals surface area (Å²) >= 11 is 3.86. The van der Waals surface area contributed by atoms with E-state index in [1.54, 1.807) is 0 Å². The highest BCUT2D eigenvalue weighted by Crippen LogP contribution is 2.58. The van der Waals surface area contributed by atoms with E-state index in [2.05, 4.69) is 18.1 Å². The average molecular weight is 537 g/mol. The predicted molar refractivity (Wildman–Crippen MR) is 148 cm³/mol. The van der Waals surface area contributed by atoms with Crippen molar-refractivity contribution in [2.75, 3.05) is 32.5 Å². The monoisotopic (exact) mass is 536 g/mol. The molecule has 4 aliphatic heterocycles. The summed E-state index contributed by atoms with van der Waals surface area (Å²) < 4.78 is 12.7. The molecule has 0 bridgehead atoms. The summed E-state index contributed by atoms with van der Waals surface area (Å²) in [6.45, 7) is 5.60. The van der Waals surface area contributed by atoms with Gasteiger partial charge in [0.05, 0.1) is 22.5 Å². The van der Waals surface area contributed by atoms with Crippen molar-refractivity contribution < 1.29 is 19.2 Å². The fourth-order valence-electron chi connectivity index (χ4n) is 9.23. The lowest BCUT2D eigenvalue weighted by Crippen LogP contribution is -2.49. The quantitative estimate of drug-likeness (QED) is 0.528. The number of carbonyl (C=O) groups excluding carboxylic acids is 1. The van der Waals surface area contributed by atoms with Crippen LogP contribution in [0.3, 0.4) is 0 Å². The van der Waals surface area contributed by atoms with Crippen molar-refractivity contribution in [3.05, 3.63) is 0 Å². The summed E-state index contributed by atoms with van der Waals surface area (Å²) in [5.74, 6) is 3.44. The van der Waals surface area contributed by atoms with Crippen LogP contribution in [0.2, 0.25) is 5.82 Å². The Morgan fingerprint density at radius 3 is 2.75 bits per heavy atom. The van der Waals surface area contributed by atoms with Crippen LogP contribution in [-0.2, 0) is 14.2 Å². The average Bonchev–Trinajstić information content (AvgIpc) is 3.58. The highest BCUT2D eigenvalue weighted by atomic mass is 32.2. The number of fused-ring (bicyclic) bond motifs is 3.